The number of benzene rings is 3. The van der Waals surface area contributed by atoms with Gasteiger partial charge >= 0.3 is 6.09 Å². The highest BCUT2D eigenvalue weighted by Gasteiger charge is 2.47. The molecule has 4 rings (SSSR count). The van der Waals surface area contributed by atoms with Gasteiger partial charge in [0.1, 0.15) is 17.4 Å². The topological polar surface area (TPSA) is 49.8 Å². The van der Waals surface area contributed by atoms with Gasteiger partial charge in [-0.15, -0.1) is 0 Å². The number of ether oxygens (including phenoxy) is 1. The molecule has 3 aromatic rings. The van der Waals surface area contributed by atoms with Gasteiger partial charge in [0.15, 0.2) is 0 Å². The van der Waals surface area contributed by atoms with Crippen molar-refractivity contribution in [3.8, 4) is 5.75 Å². The smallest absolute Gasteiger partial charge is 0.418 e. The first-order valence-electron chi connectivity index (χ1n) is 8.43. The van der Waals surface area contributed by atoms with E-state index in [1.165, 1.54) is 16.3 Å². The van der Waals surface area contributed by atoms with E-state index >= 15 is 0 Å². The van der Waals surface area contributed by atoms with Crippen LogP contribution >= 0.6 is 11.9 Å². The molecule has 132 valence electrons. The van der Waals surface area contributed by atoms with Crippen LogP contribution in [0.2, 0.25) is 0 Å². The lowest BCUT2D eigenvalue weighted by atomic mass is 9.95. The summed E-state index contributed by atoms with van der Waals surface area (Å²) in [6.07, 6.45) is -0.985. The van der Waals surface area contributed by atoms with Gasteiger partial charge in [-0.2, -0.15) is 0 Å². The molecule has 0 fully saturated rings. The maximum Gasteiger partial charge on any atom is 0.418 e. The molecule has 1 N–H and O–H groups in total. The highest BCUT2D eigenvalue weighted by atomic mass is 32.2. The maximum absolute atomic E-state index is 12.2. The van der Waals surface area contributed by atoms with Crippen molar-refractivity contribution in [2.75, 3.05) is 0 Å². The monoisotopic (exact) mass is 365 g/mol. The molecular formula is C21H19NO3S. The van der Waals surface area contributed by atoms with Gasteiger partial charge in [0.25, 0.3) is 0 Å². The van der Waals surface area contributed by atoms with E-state index in [9.17, 15) is 9.90 Å². The van der Waals surface area contributed by atoms with Gasteiger partial charge in [-0.25, -0.2) is 9.10 Å². The average molecular weight is 365 g/mol. The molecule has 0 bridgehead atoms. The standard InChI is InChI=1S/C21H19NO3S/c1-21(2)19(16-11-5-6-12-17(16)25-21)22(20(23)24)26-18-13-7-9-14-8-3-4-10-15(14)18/h3-13,19H,1-2H3,(H,23,24). The Hall–Kier alpha value is -2.66. The van der Waals surface area contributed by atoms with E-state index in [0.29, 0.717) is 0 Å². The zero-order chi connectivity index (χ0) is 18.3. The largest absolute Gasteiger partial charge is 0.485 e. The van der Waals surface area contributed by atoms with E-state index in [-0.39, 0.29) is 0 Å². The molecule has 0 saturated heterocycles. The first kappa shape index (κ1) is 16.8. The fourth-order valence-corrected chi connectivity index (χ4v) is 4.69. The predicted molar refractivity (Wildman–Crippen MR) is 104 cm³/mol. The van der Waals surface area contributed by atoms with Crippen LogP contribution in [0.25, 0.3) is 10.8 Å². The molecule has 3 aromatic carbocycles. The number of carboxylic acid groups (broad SMARTS) is 1. The second-order valence-electron chi connectivity index (χ2n) is 6.82. The molecule has 0 aromatic heterocycles. The summed E-state index contributed by atoms with van der Waals surface area (Å²) >= 11 is 1.24. The fourth-order valence-electron chi connectivity index (χ4n) is 3.51. The van der Waals surface area contributed by atoms with Crippen LogP contribution in [0.1, 0.15) is 25.5 Å². The molecule has 1 atom stereocenters. The Morgan fingerprint density at radius 1 is 1.04 bits per heavy atom. The van der Waals surface area contributed by atoms with Crippen LogP contribution in [0.5, 0.6) is 5.75 Å². The third kappa shape index (κ3) is 2.78. The molecule has 4 nitrogen and oxygen atoms in total. The Kier molecular flexibility index (Phi) is 4.04. The van der Waals surface area contributed by atoms with Crippen LogP contribution in [0.4, 0.5) is 4.79 Å². The second-order valence-corrected chi connectivity index (χ2v) is 7.84. The fraction of sp³-hybridized carbons (Fsp3) is 0.190. The van der Waals surface area contributed by atoms with E-state index in [2.05, 4.69) is 0 Å². The van der Waals surface area contributed by atoms with Crippen LogP contribution in [-0.2, 0) is 0 Å². The van der Waals surface area contributed by atoms with E-state index in [1.807, 2.05) is 80.6 Å². The van der Waals surface area contributed by atoms with Crippen molar-refractivity contribution in [2.24, 2.45) is 0 Å². The minimum Gasteiger partial charge on any atom is -0.485 e. The zero-order valence-electron chi connectivity index (χ0n) is 14.5. The van der Waals surface area contributed by atoms with Gasteiger partial charge in [0.05, 0.1) is 0 Å². The maximum atomic E-state index is 12.2. The summed E-state index contributed by atoms with van der Waals surface area (Å²) in [6, 6.07) is 21.2. The predicted octanol–water partition coefficient (Wildman–Crippen LogP) is 5.74. The van der Waals surface area contributed by atoms with Crippen LogP contribution in [0, 0.1) is 0 Å². The molecule has 0 aliphatic carbocycles. The molecule has 0 spiro atoms. The number of amides is 1. The van der Waals surface area contributed by atoms with Crippen LogP contribution < -0.4 is 4.74 Å². The number of nitrogens with zero attached hydrogens (tertiary/aromatic N) is 1. The third-order valence-electron chi connectivity index (χ3n) is 4.61. The van der Waals surface area contributed by atoms with Gasteiger partial charge in [-0.1, -0.05) is 54.6 Å². The summed E-state index contributed by atoms with van der Waals surface area (Å²) in [6.45, 7) is 3.86. The van der Waals surface area contributed by atoms with Crippen LogP contribution in [0.3, 0.4) is 0 Å². The molecule has 1 unspecified atom stereocenters. The lowest BCUT2D eigenvalue weighted by molar-refractivity contribution is 0.0654. The van der Waals surface area contributed by atoms with Crippen molar-refractivity contribution in [3.05, 3.63) is 72.3 Å². The Morgan fingerprint density at radius 3 is 2.54 bits per heavy atom. The molecule has 1 heterocycles. The van der Waals surface area contributed by atoms with Crippen molar-refractivity contribution >= 4 is 28.8 Å². The molecule has 1 aliphatic rings. The molecule has 5 heteroatoms. The first-order valence-corrected chi connectivity index (χ1v) is 9.20. The van der Waals surface area contributed by atoms with Gasteiger partial charge < -0.3 is 9.84 Å². The molecule has 0 radical (unpaired) electrons. The minimum atomic E-state index is -0.985. The quantitative estimate of drug-likeness (QED) is 0.601. The van der Waals surface area contributed by atoms with Crippen molar-refractivity contribution in [3.63, 3.8) is 0 Å². The highest BCUT2D eigenvalue weighted by Crippen LogP contribution is 2.49. The molecule has 1 aliphatic heterocycles. The van der Waals surface area contributed by atoms with Crippen molar-refractivity contribution in [1.82, 2.24) is 4.31 Å². The summed E-state index contributed by atoms with van der Waals surface area (Å²) in [5, 5.41) is 12.1. The lowest BCUT2D eigenvalue weighted by Gasteiger charge is -2.33. The number of hydrogen-bond donors (Lipinski definition) is 1. The summed E-state index contributed by atoms with van der Waals surface area (Å²) in [7, 11) is 0. The molecule has 0 saturated carbocycles. The van der Waals surface area contributed by atoms with Gasteiger partial charge in [0, 0.05) is 10.5 Å². The normalized spacial score (nSPS) is 17.5. The van der Waals surface area contributed by atoms with Gasteiger partial charge in [-0.3, -0.25) is 0 Å². The Bertz CT molecular complexity index is 980. The Labute approximate surface area is 156 Å². The lowest BCUT2D eigenvalue weighted by Crippen LogP contribution is -2.41. The van der Waals surface area contributed by atoms with E-state index < -0.39 is 17.7 Å². The summed E-state index contributed by atoms with van der Waals surface area (Å²) < 4.78 is 7.46. The van der Waals surface area contributed by atoms with E-state index in [0.717, 1.165) is 27.0 Å². The average Bonchev–Trinajstić information content (AvgIpc) is 2.89. The zero-order valence-corrected chi connectivity index (χ0v) is 15.4. The SMILES string of the molecule is CC1(C)Oc2ccccc2C1N(Sc1cccc2ccccc12)C(=O)O. The molecule has 1 amide bonds. The van der Waals surface area contributed by atoms with E-state index in [1.54, 1.807) is 0 Å². The first-order chi connectivity index (χ1) is 12.5. The van der Waals surface area contributed by atoms with Crippen molar-refractivity contribution in [2.45, 2.75) is 30.4 Å². The summed E-state index contributed by atoms with van der Waals surface area (Å²) in [4.78, 5) is 13.1. The van der Waals surface area contributed by atoms with E-state index in [4.69, 9.17) is 4.74 Å². The van der Waals surface area contributed by atoms with Gasteiger partial charge in [0.2, 0.25) is 0 Å². The van der Waals surface area contributed by atoms with Gasteiger partial charge in [-0.05, 0) is 48.7 Å². The number of rotatable bonds is 3. The second kappa shape index (κ2) is 6.25. The van der Waals surface area contributed by atoms with Crippen molar-refractivity contribution < 1.29 is 14.6 Å². The number of fused-ring (bicyclic) bond motifs is 2. The minimum absolute atomic E-state index is 0.403. The summed E-state index contributed by atoms with van der Waals surface area (Å²) in [5.74, 6) is 0.743. The molecular weight excluding hydrogens is 346 g/mol. The van der Waals surface area contributed by atoms with Crippen LogP contribution in [-0.4, -0.2) is 21.1 Å². The Balaban J connectivity index is 1.78. The number of para-hydroxylation sites is 1. The van der Waals surface area contributed by atoms with Crippen LogP contribution in [0.15, 0.2) is 71.6 Å². The third-order valence-corrected chi connectivity index (χ3v) is 5.73. The van der Waals surface area contributed by atoms with Crippen molar-refractivity contribution in [1.29, 1.82) is 0 Å². The number of carbonyl (C=O) groups is 1. The summed E-state index contributed by atoms with van der Waals surface area (Å²) in [5.41, 5.74) is 0.243. The Morgan fingerprint density at radius 2 is 1.73 bits per heavy atom. The highest BCUT2D eigenvalue weighted by molar-refractivity contribution is 7.97. The molecule has 26 heavy (non-hydrogen) atoms. The number of hydrogen-bond acceptors (Lipinski definition) is 3.